The first-order chi connectivity index (χ1) is 10.7. The highest BCUT2D eigenvalue weighted by molar-refractivity contribution is 5.33. The lowest BCUT2D eigenvalue weighted by Gasteiger charge is -2.44. The van der Waals surface area contributed by atoms with Crippen LogP contribution >= 0.6 is 0 Å². The topological polar surface area (TPSA) is 30.3 Å². The predicted molar refractivity (Wildman–Crippen MR) is 92.6 cm³/mol. The molecule has 0 bridgehead atoms. The van der Waals surface area contributed by atoms with Gasteiger partial charge in [0.15, 0.2) is 0 Å². The molecule has 0 radical (unpaired) electrons. The van der Waals surface area contributed by atoms with E-state index in [9.17, 15) is 0 Å². The summed E-state index contributed by atoms with van der Waals surface area (Å²) in [6.45, 7) is 12.6. The monoisotopic (exact) mass is 301 g/mol. The van der Waals surface area contributed by atoms with Gasteiger partial charge in [0.2, 0.25) is 0 Å². The van der Waals surface area contributed by atoms with Crippen molar-refractivity contribution in [3.8, 4) is 6.07 Å². The van der Waals surface area contributed by atoms with E-state index in [1.807, 2.05) is 13.0 Å². The summed E-state index contributed by atoms with van der Waals surface area (Å²) in [5, 5.41) is 9.05. The summed E-state index contributed by atoms with van der Waals surface area (Å²) < 4.78 is 0. The number of hydrogen-bond donors (Lipinski definition) is 0. The van der Waals surface area contributed by atoms with Crippen molar-refractivity contribution in [2.45, 2.75) is 64.5 Å². The Bertz CT molecular complexity index is 438. The van der Waals surface area contributed by atoms with E-state index in [0.717, 1.165) is 42.9 Å². The summed E-state index contributed by atoms with van der Waals surface area (Å²) in [4.78, 5) is 5.28. The molecule has 22 heavy (non-hydrogen) atoms. The van der Waals surface area contributed by atoms with Crippen molar-refractivity contribution < 1.29 is 0 Å². The number of piperidine rings is 2. The van der Waals surface area contributed by atoms with Crippen molar-refractivity contribution in [3.63, 3.8) is 0 Å². The third-order valence-corrected chi connectivity index (χ3v) is 5.46. The first kappa shape index (κ1) is 17.2. The zero-order valence-corrected chi connectivity index (χ0v) is 14.4. The van der Waals surface area contributed by atoms with Crippen molar-refractivity contribution in [2.75, 3.05) is 26.2 Å². The van der Waals surface area contributed by atoms with E-state index >= 15 is 0 Å². The van der Waals surface area contributed by atoms with E-state index in [-0.39, 0.29) is 0 Å². The number of likely N-dealkylation sites (tertiary alicyclic amines) is 2. The Hall–Kier alpha value is -1.11. The van der Waals surface area contributed by atoms with Crippen LogP contribution in [0, 0.1) is 11.3 Å². The molecule has 2 aliphatic rings. The first-order valence-corrected chi connectivity index (χ1v) is 8.90. The average molecular weight is 301 g/mol. The van der Waals surface area contributed by atoms with Gasteiger partial charge in [-0.2, -0.15) is 5.26 Å². The molecule has 0 aromatic carbocycles. The van der Waals surface area contributed by atoms with Crippen LogP contribution in [0.4, 0.5) is 0 Å². The smallest absolute Gasteiger partial charge is 0.0947 e. The van der Waals surface area contributed by atoms with Gasteiger partial charge in [0.1, 0.15) is 0 Å². The molecular weight excluding hydrogens is 270 g/mol. The Balaban J connectivity index is 1.88. The molecule has 3 nitrogen and oxygen atoms in total. The van der Waals surface area contributed by atoms with Crippen LogP contribution in [0.1, 0.15) is 52.4 Å². The Labute approximate surface area is 136 Å². The van der Waals surface area contributed by atoms with E-state index in [4.69, 9.17) is 5.26 Å². The molecule has 122 valence electrons. The van der Waals surface area contributed by atoms with Gasteiger partial charge in [0, 0.05) is 24.2 Å². The van der Waals surface area contributed by atoms with Crippen molar-refractivity contribution in [2.24, 2.45) is 0 Å². The second-order valence-corrected chi connectivity index (χ2v) is 6.77. The largest absolute Gasteiger partial charge is 0.299 e. The Morgan fingerprint density at radius 2 is 1.95 bits per heavy atom. The van der Waals surface area contributed by atoms with Gasteiger partial charge in [-0.05, 0) is 64.2 Å². The highest BCUT2D eigenvalue weighted by Gasteiger charge is 2.30. The van der Waals surface area contributed by atoms with Crippen LogP contribution in [-0.2, 0) is 0 Å². The molecule has 2 fully saturated rings. The van der Waals surface area contributed by atoms with Gasteiger partial charge < -0.3 is 0 Å². The van der Waals surface area contributed by atoms with Crippen LogP contribution in [-0.4, -0.2) is 48.1 Å². The lowest BCUT2D eigenvalue weighted by atomic mass is 9.93. The number of nitriles is 1. The average Bonchev–Trinajstić information content (AvgIpc) is 2.59. The molecule has 0 N–H and O–H groups in total. The SMILES string of the molecule is C=C/C(CN1CCC(N2CCCCC2CC)CC1)=C(\C)C#N. The fourth-order valence-electron chi connectivity index (χ4n) is 4.00. The van der Waals surface area contributed by atoms with Crippen LogP contribution in [0.2, 0.25) is 0 Å². The van der Waals surface area contributed by atoms with Crippen molar-refractivity contribution in [3.05, 3.63) is 23.8 Å². The van der Waals surface area contributed by atoms with E-state index in [1.165, 1.54) is 45.1 Å². The molecule has 3 heteroatoms. The van der Waals surface area contributed by atoms with E-state index < -0.39 is 0 Å². The third-order valence-electron chi connectivity index (χ3n) is 5.46. The molecule has 0 spiro atoms. The van der Waals surface area contributed by atoms with Gasteiger partial charge in [-0.1, -0.05) is 26.0 Å². The van der Waals surface area contributed by atoms with Crippen LogP contribution in [0.25, 0.3) is 0 Å². The minimum Gasteiger partial charge on any atom is -0.299 e. The molecule has 2 saturated heterocycles. The second-order valence-electron chi connectivity index (χ2n) is 6.77. The summed E-state index contributed by atoms with van der Waals surface area (Å²) in [6, 6.07) is 3.84. The zero-order valence-electron chi connectivity index (χ0n) is 14.4. The van der Waals surface area contributed by atoms with E-state index in [1.54, 1.807) is 0 Å². The third kappa shape index (κ3) is 4.21. The van der Waals surface area contributed by atoms with Gasteiger partial charge in [0.05, 0.1) is 6.07 Å². The molecule has 0 aliphatic carbocycles. The summed E-state index contributed by atoms with van der Waals surface area (Å²) in [5.74, 6) is 0. The highest BCUT2D eigenvalue weighted by atomic mass is 15.2. The molecule has 0 aromatic rings. The molecule has 0 saturated carbocycles. The predicted octanol–water partition coefficient (Wildman–Crippen LogP) is 3.74. The molecule has 2 heterocycles. The zero-order chi connectivity index (χ0) is 15.9. The maximum absolute atomic E-state index is 9.05. The lowest BCUT2D eigenvalue weighted by molar-refractivity contribution is 0.0510. The van der Waals surface area contributed by atoms with E-state index in [2.05, 4.69) is 29.4 Å². The molecule has 1 atom stereocenters. The van der Waals surface area contributed by atoms with Crippen molar-refractivity contribution >= 4 is 0 Å². The number of allylic oxidation sites excluding steroid dienone is 1. The quantitative estimate of drug-likeness (QED) is 0.572. The maximum atomic E-state index is 9.05. The Morgan fingerprint density at radius 1 is 1.23 bits per heavy atom. The van der Waals surface area contributed by atoms with E-state index in [0.29, 0.717) is 0 Å². The first-order valence-electron chi connectivity index (χ1n) is 8.90. The molecule has 2 rings (SSSR count). The van der Waals surface area contributed by atoms with Crippen LogP contribution < -0.4 is 0 Å². The fourth-order valence-corrected chi connectivity index (χ4v) is 4.00. The van der Waals surface area contributed by atoms with Crippen molar-refractivity contribution in [1.29, 1.82) is 5.26 Å². The van der Waals surface area contributed by atoms with Gasteiger partial charge in [-0.25, -0.2) is 0 Å². The minimum atomic E-state index is 0.773. The van der Waals surface area contributed by atoms with Gasteiger partial charge >= 0.3 is 0 Å². The summed E-state index contributed by atoms with van der Waals surface area (Å²) >= 11 is 0. The fraction of sp³-hybridized carbons (Fsp3) is 0.737. The minimum absolute atomic E-state index is 0.773. The normalized spacial score (nSPS) is 26.3. The van der Waals surface area contributed by atoms with Crippen LogP contribution in [0.3, 0.4) is 0 Å². The standard InChI is InChI=1S/C19H31N3/c1-4-17(16(3)14-20)15-21-12-9-19(10-13-21)22-11-7-6-8-18(22)5-2/h4,18-19H,1,5-13,15H2,2-3H3/b17-16-. The van der Waals surface area contributed by atoms with Gasteiger partial charge in [-0.15, -0.1) is 0 Å². The molecule has 2 aliphatic heterocycles. The van der Waals surface area contributed by atoms with Crippen molar-refractivity contribution in [1.82, 2.24) is 9.80 Å². The summed E-state index contributed by atoms with van der Waals surface area (Å²) in [7, 11) is 0. The van der Waals surface area contributed by atoms with Crippen LogP contribution in [0.15, 0.2) is 23.8 Å². The number of hydrogen-bond acceptors (Lipinski definition) is 3. The van der Waals surface area contributed by atoms with Gasteiger partial charge in [-0.3, -0.25) is 9.80 Å². The Kier molecular flexibility index (Phi) is 6.67. The Morgan fingerprint density at radius 3 is 2.55 bits per heavy atom. The summed E-state index contributed by atoms with van der Waals surface area (Å²) in [6.07, 6.45) is 9.87. The molecule has 0 aromatic heterocycles. The lowest BCUT2D eigenvalue weighted by Crippen LogP contribution is -2.51. The summed E-state index contributed by atoms with van der Waals surface area (Å²) in [5.41, 5.74) is 1.89. The second kappa shape index (κ2) is 8.50. The number of nitrogens with zero attached hydrogens (tertiary/aromatic N) is 3. The van der Waals surface area contributed by atoms with Gasteiger partial charge in [0.25, 0.3) is 0 Å². The molecule has 1 unspecified atom stereocenters. The number of rotatable bonds is 5. The van der Waals surface area contributed by atoms with Crippen LogP contribution in [0.5, 0.6) is 0 Å². The molecular formula is C19H31N3. The maximum Gasteiger partial charge on any atom is 0.0947 e. The molecule has 0 amide bonds. The highest BCUT2D eigenvalue weighted by Crippen LogP contribution is 2.27.